The van der Waals surface area contributed by atoms with Gasteiger partial charge in [-0.1, -0.05) is 0 Å². The Morgan fingerprint density at radius 3 is 2.75 bits per heavy atom. The van der Waals surface area contributed by atoms with Crippen molar-refractivity contribution in [1.29, 1.82) is 0 Å². The van der Waals surface area contributed by atoms with Gasteiger partial charge in [-0.05, 0) is 35.7 Å². The summed E-state index contributed by atoms with van der Waals surface area (Å²) in [5.41, 5.74) is 1.11. The fourth-order valence-corrected chi connectivity index (χ4v) is 1.80. The third-order valence-corrected chi connectivity index (χ3v) is 2.59. The number of ether oxygens (including phenoxy) is 2. The maximum Gasteiger partial charge on any atom is 0.344 e. The highest BCUT2D eigenvalue weighted by Crippen LogP contribution is 2.08. The molecule has 88 valence electrons. The van der Waals surface area contributed by atoms with Gasteiger partial charge in [0, 0.05) is 6.42 Å². The molecule has 4 nitrogen and oxygen atoms in total. The molecule has 0 aromatic carbocycles. The molecule has 0 aliphatic carbocycles. The predicted molar refractivity (Wildman–Crippen MR) is 60.2 cm³/mol. The molecule has 0 fully saturated rings. The van der Waals surface area contributed by atoms with Crippen molar-refractivity contribution < 1.29 is 19.1 Å². The third-order valence-electron chi connectivity index (χ3n) is 1.85. The number of thiophene rings is 1. The Morgan fingerprint density at radius 1 is 1.31 bits per heavy atom. The van der Waals surface area contributed by atoms with Crippen molar-refractivity contribution in [2.75, 3.05) is 13.2 Å². The number of hydrogen-bond acceptors (Lipinski definition) is 5. The Labute approximate surface area is 98.2 Å². The van der Waals surface area contributed by atoms with E-state index in [1.807, 2.05) is 16.8 Å². The van der Waals surface area contributed by atoms with E-state index < -0.39 is 5.97 Å². The molecule has 0 bridgehead atoms. The highest BCUT2D eigenvalue weighted by Gasteiger charge is 2.08. The van der Waals surface area contributed by atoms with Crippen LogP contribution in [0.3, 0.4) is 0 Å². The fourth-order valence-electron chi connectivity index (χ4n) is 1.10. The summed E-state index contributed by atoms with van der Waals surface area (Å²) in [6.45, 7) is 1.71. The fraction of sp³-hybridized carbons (Fsp3) is 0.455. The zero-order valence-corrected chi connectivity index (χ0v) is 9.92. The van der Waals surface area contributed by atoms with Gasteiger partial charge in [-0.3, -0.25) is 4.79 Å². The highest BCUT2D eigenvalue weighted by molar-refractivity contribution is 7.07. The van der Waals surface area contributed by atoms with E-state index in [0.29, 0.717) is 13.0 Å². The lowest BCUT2D eigenvalue weighted by Gasteiger charge is -2.03. The number of esters is 2. The lowest BCUT2D eigenvalue weighted by atomic mass is 10.2. The SMILES string of the molecule is CCOC(=O)COC(=O)CCc1ccsc1. The number of carbonyl (C=O) groups excluding carboxylic acids is 2. The molecule has 0 radical (unpaired) electrons. The standard InChI is InChI=1S/C11H14O4S/c1-2-14-11(13)7-15-10(12)4-3-9-5-6-16-8-9/h5-6,8H,2-4,7H2,1H3. The second-order valence-electron chi connectivity index (χ2n) is 3.10. The first-order valence-electron chi connectivity index (χ1n) is 5.04. The smallest absolute Gasteiger partial charge is 0.344 e. The van der Waals surface area contributed by atoms with Crippen molar-refractivity contribution in [3.05, 3.63) is 22.4 Å². The molecule has 1 rings (SSSR count). The van der Waals surface area contributed by atoms with Gasteiger partial charge >= 0.3 is 11.9 Å². The van der Waals surface area contributed by atoms with Crippen LogP contribution >= 0.6 is 11.3 Å². The molecular weight excluding hydrogens is 228 g/mol. The van der Waals surface area contributed by atoms with Crippen LogP contribution in [0.15, 0.2) is 16.8 Å². The average Bonchev–Trinajstić information content (AvgIpc) is 2.77. The van der Waals surface area contributed by atoms with Gasteiger partial charge in [0.05, 0.1) is 6.61 Å². The van der Waals surface area contributed by atoms with Crippen molar-refractivity contribution in [3.8, 4) is 0 Å². The molecule has 0 N–H and O–H groups in total. The van der Waals surface area contributed by atoms with E-state index in [1.165, 1.54) is 0 Å². The van der Waals surface area contributed by atoms with Gasteiger partial charge in [-0.2, -0.15) is 11.3 Å². The molecule has 0 atom stereocenters. The molecule has 0 unspecified atom stereocenters. The molecule has 0 aliphatic rings. The monoisotopic (exact) mass is 242 g/mol. The van der Waals surface area contributed by atoms with Crippen LogP contribution in [-0.2, 0) is 25.5 Å². The van der Waals surface area contributed by atoms with E-state index in [-0.39, 0.29) is 19.0 Å². The number of rotatable bonds is 6. The Hall–Kier alpha value is -1.36. The zero-order chi connectivity index (χ0) is 11.8. The van der Waals surface area contributed by atoms with E-state index >= 15 is 0 Å². The minimum atomic E-state index is -0.508. The molecule has 1 heterocycles. The van der Waals surface area contributed by atoms with E-state index in [2.05, 4.69) is 4.74 Å². The molecule has 5 heteroatoms. The maximum absolute atomic E-state index is 11.2. The van der Waals surface area contributed by atoms with Crippen molar-refractivity contribution in [1.82, 2.24) is 0 Å². The second-order valence-corrected chi connectivity index (χ2v) is 3.88. The summed E-state index contributed by atoms with van der Waals surface area (Å²) in [6, 6.07) is 1.96. The largest absolute Gasteiger partial charge is 0.463 e. The van der Waals surface area contributed by atoms with Gasteiger partial charge < -0.3 is 9.47 Å². The molecule has 1 aromatic rings. The lowest BCUT2D eigenvalue weighted by molar-refractivity contribution is -0.158. The summed E-state index contributed by atoms with van der Waals surface area (Å²) >= 11 is 1.59. The predicted octanol–water partition coefficient (Wildman–Crippen LogP) is 1.79. The van der Waals surface area contributed by atoms with Gasteiger partial charge in [0.15, 0.2) is 6.61 Å². The molecular formula is C11H14O4S. The van der Waals surface area contributed by atoms with Crippen molar-refractivity contribution in [2.45, 2.75) is 19.8 Å². The minimum absolute atomic E-state index is 0.288. The summed E-state index contributed by atoms with van der Waals surface area (Å²) in [7, 11) is 0. The highest BCUT2D eigenvalue weighted by atomic mass is 32.1. The van der Waals surface area contributed by atoms with Crippen LogP contribution in [0.5, 0.6) is 0 Å². The normalized spacial score (nSPS) is 9.81. The van der Waals surface area contributed by atoms with E-state index in [0.717, 1.165) is 5.56 Å². The van der Waals surface area contributed by atoms with Crippen LogP contribution in [0.25, 0.3) is 0 Å². The van der Waals surface area contributed by atoms with Gasteiger partial charge in [0.2, 0.25) is 0 Å². The van der Waals surface area contributed by atoms with Crippen LogP contribution < -0.4 is 0 Å². The van der Waals surface area contributed by atoms with E-state index in [9.17, 15) is 9.59 Å². The first-order valence-corrected chi connectivity index (χ1v) is 5.99. The molecule has 0 aliphatic heterocycles. The van der Waals surface area contributed by atoms with Gasteiger partial charge in [0.1, 0.15) is 0 Å². The van der Waals surface area contributed by atoms with Crippen LogP contribution in [-0.4, -0.2) is 25.2 Å². The summed E-state index contributed by atoms with van der Waals surface area (Å²) in [6.07, 6.45) is 0.932. The molecule has 0 amide bonds. The zero-order valence-electron chi connectivity index (χ0n) is 9.10. The number of aryl methyl sites for hydroxylation is 1. The first kappa shape index (κ1) is 12.7. The lowest BCUT2D eigenvalue weighted by Crippen LogP contribution is -2.16. The second kappa shape index (κ2) is 7.00. The average molecular weight is 242 g/mol. The molecule has 0 spiro atoms. The van der Waals surface area contributed by atoms with Crippen molar-refractivity contribution >= 4 is 23.3 Å². The molecule has 0 saturated heterocycles. The summed E-state index contributed by atoms with van der Waals surface area (Å²) in [5.74, 6) is -0.884. The first-order chi connectivity index (χ1) is 7.72. The van der Waals surface area contributed by atoms with Crippen LogP contribution in [0.4, 0.5) is 0 Å². The van der Waals surface area contributed by atoms with Crippen LogP contribution in [0, 0.1) is 0 Å². The van der Waals surface area contributed by atoms with Crippen molar-refractivity contribution in [3.63, 3.8) is 0 Å². The summed E-state index contributed by atoms with van der Waals surface area (Å²) in [4.78, 5) is 22.1. The van der Waals surface area contributed by atoms with Crippen molar-refractivity contribution in [2.24, 2.45) is 0 Å². The van der Waals surface area contributed by atoms with Gasteiger partial charge in [-0.15, -0.1) is 0 Å². The summed E-state index contributed by atoms with van der Waals surface area (Å²) < 4.78 is 9.37. The van der Waals surface area contributed by atoms with E-state index in [4.69, 9.17) is 4.74 Å². The third kappa shape index (κ3) is 4.93. The molecule has 0 saturated carbocycles. The maximum atomic E-state index is 11.2. The Balaban J connectivity index is 2.14. The van der Waals surface area contributed by atoms with Crippen LogP contribution in [0.1, 0.15) is 18.9 Å². The Bertz CT molecular complexity index is 332. The Morgan fingerprint density at radius 2 is 2.12 bits per heavy atom. The number of hydrogen-bond donors (Lipinski definition) is 0. The topological polar surface area (TPSA) is 52.6 Å². The van der Waals surface area contributed by atoms with Crippen LogP contribution in [0.2, 0.25) is 0 Å². The summed E-state index contributed by atoms with van der Waals surface area (Å²) in [5, 5.41) is 3.94. The quantitative estimate of drug-likeness (QED) is 0.714. The van der Waals surface area contributed by atoms with E-state index in [1.54, 1.807) is 18.3 Å². The molecule has 1 aromatic heterocycles. The van der Waals surface area contributed by atoms with Gasteiger partial charge in [0.25, 0.3) is 0 Å². The van der Waals surface area contributed by atoms with Gasteiger partial charge in [-0.25, -0.2) is 4.79 Å². The molecule has 16 heavy (non-hydrogen) atoms. The number of carbonyl (C=O) groups is 2. The Kier molecular flexibility index (Phi) is 5.56. The minimum Gasteiger partial charge on any atom is -0.463 e.